The van der Waals surface area contributed by atoms with Crippen LogP contribution in [0.2, 0.25) is 0 Å². The largest absolute Gasteiger partial charge is 0.463 e. The zero-order valence-corrected chi connectivity index (χ0v) is 8.65. The molecule has 0 saturated carbocycles. The third kappa shape index (κ3) is 3.17. The molecular formula is C9H13N3O3. The minimum atomic E-state index is -0.578. The topological polar surface area (TPSA) is 84.3 Å². The molecule has 0 bridgehead atoms. The molecule has 15 heavy (non-hydrogen) atoms. The summed E-state index contributed by atoms with van der Waals surface area (Å²) in [6, 6.07) is 1.68. The number of aryl methyl sites for hydroxylation is 1. The highest BCUT2D eigenvalue weighted by Gasteiger charge is 2.10. The van der Waals surface area contributed by atoms with Gasteiger partial charge in [-0.2, -0.15) is 0 Å². The van der Waals surface area contributed by atoms with Crippen LogP contribution in [0.15, 0.2) is 6.07 Å². The van der Waals surface area contributed by atoms with Gasteiger partial charge in [0.2, 0.25) is 5.82 Å². The van der Waals surface area contributed by atoms with Crippen molar-refractivity contribution in [3.63, 3.8) is 0 Å². The molecule has 0 fully saturated rings. The summed E-state index contributed by atoms with van der Waals surface area (Å²) in [6.45, 7) is 2.12. The number of hydrogen-bond donors (Lipinski definition) is 2. The lowest BCUT2D eigenvalue weighted by molar-refractivity contribution is 0.0586. The number of esters is 1. The number of carbonyl (C=O) groups is 1. The molecule has 0 radical (unpaired) electrons. The first kappa shape index (κ1) is 11.4. The normalized spacial score (nSPS) is 9.80. The van der Waals surface area contributed by atoms with Gasteiger partial charge in [0.05, 0.1) is 13.7 Å². The number of ether oxygens (including phenoxy) is 1. The average molecular weight is 211 g/mol. The predicted octanol–water partition coefficient (Wildman–Crippen LogP) is -0.0242. The number of carbonyl (C=O) groups excluding carboxylic acids is 1. The number of rotatable bonds is 4. The summed E-state index contributed by atoms with van der Waals surface area (Å²) >= 11 is 0. The fourth-order valence-corrected chi connectivity index (χ4v) is 1.03. The van der Waals surface area contributed by atoms with Gasteiger partial charge >= 0.3 is 5.97 Å². The molecule has 6 nitrogen and oxygen atoms in total. The maximum absolute atomic E-state index is 11.2. The number of aromatic nitrogens is 2. The van der Waals surface area contributed by atoms with Crippen LogP contribution < -0.4 is 5.32 Å². The van der Waals surface area contributed by atoms with Gasteiger partial charge in [-0.25, -0.2) is 14.8 Å². The Bertz CT molecular complexity index is 354. The number of methoxy groups -OCH3 is 1. The molecule has 0 aliphatic heterocycles. The Morgan fingerprint density at radius 1 is 1.60 bits per heavy atom. The smallest absolute Gasteiger partial charge is 0.376 e. The van der Waals surface area contributed by atoms with Gasteiger partial charge in [0.1, 0.15) is 5.82 Å². The van der Waals surface area contributed by atoms with E-state index in [0.717, 1.165) is 0 Å². The van der Waals surface area contributed by atoms with E-state index in [0.29, 0.717) is 18.1 Å². The maximum atomic E-state index is 11.2. The van der Waals surface area contributed by atoms with Crippen LogP contribution in [0.25, 0.3) is 0 Å². The third-order valence-corrected chi connectivity index (χ3v) is 1.64. The zero-order chi connectivity index (χ0) is 11.3. The Kier molecular flexibility index (Phi) is 3.99. The molecule has 0 amide bonds. The molecular weight excluding hydrogens is 198 g/mol. The zero-order valence-electron chi connectivity index (χ0n) is 8.65. The fraction of sp³-hybridized carbons (Fsp3) is 0.444. The van der Waals surface area contributed by atoms with Gasteiger partial charge in [-0.1, -0.05) is 0 Å². The van der Waals surface area contributed by atoms with Gasteiger partial charge in [-0.3, -0.25) is 0 Å². The van der Waals surface area contributed by atoms with Gasteiger partial charge in [-0.15, -0.1) is 0 Å². The molecule has 6 heteroatoms. The molecule has 1 rings (SSSR count). The van der Waals surface area contributed by atoms with E-state index in [2.05, 4.69) is 20.0 Å². The van der Waals surface area contributed by atoms with Crippen LogP contribution in [0.4, 0.5) is 5.82 Å². The number of hydrogen-bond acceptors (Lipinski definition) is 6. The molecule has 1 aromatic rings. The molecule has 0 spiro atoms. The third-order valence-electron chi connectivity index (χ3n) is 1.64. The Hall–Kier alpha value is -1.69. The van der Waals surface area contributed by atoms with E-state index in [1.165, 1.54) is 7.11 Å². The van der Waals surface area contributed by atoms with E-state index in [4.69, 9.17) is 5.11 Å². The summed E-state index contributed by atoms with van der Waals surface area (Å²) in [5.74, 6) is -0.0689. The summed E-state index contributed by atoms with van der Waals surface area (Å²) in [5.41, 5.74) is 0.658. The van der Waals surface area contributed by atoms with Crippen molar-refractivity contribution in [2.45, 2.75) is 6.92 Å². The standard InChI is InChI=1S/C9H13N3O3/c1-6-5-7(10-3-4-13)12-8(11-6)9(14)15-2/h5,13H,3-4H2,1-2H3,(H,10,11,12). The van der Waals surface area contributed by atoms with Crippen molar-refractivity contribution in [1.82, 2.24) is 9.97 Å². The highest BCUT2D eigenvalue weighted by atomic mass is 16.5. The Labute approximate surface area is 87.3 Å². The molecule has 0 aromatic carbocycles. The predicted molar refractivity (Wildman–Crippen MR) is 53.7 cm³/mol. The van der Waals surface area contributed by atoms with Crippen molar-refractivity contribution in [2.24, 2.45) is 0 Å². The van der Waals surface area contributed by atoms with Crippen molar-refractivity contribution in [1.29, 1.82) is 0 Å². The van der Waals surface area contributed by atoms with Gasteiger partial charge in [-0.05, 0) is 6.92 Å². The van der Waals surface area contributed by atoms with Crippen LogP contribution in [0.5, 0.6) is 0 Å². The second-order valence-corrected chi connectivity index (χ2v) is 2.86. The Balaban J connectivity index is 2.89. The first-order valence-electron chi connectivity index (χ1n) is 4.46. The van der Waals surface area contributed by atoms with Crippen LogP contribution in [0.3, 0.4) is 0 Å². The highest BCUT2D eigenvalue weighted by Crippen LogP contribution is 2.06. The minimum Gasteiger partial charge on any atom is -0.463 e. The molecule has 2 N–H and O–H groups in total. The second kappa shape index (κ2) is 5.26. The molecule has 1 aromatic heterocycles. The van der Waals surface area contributed by atoms with Crippen molar-refractivity contribution in [2.75, 3.05) is 25.6 Å². The number of nitrogens with zero attached hydrogens (tertiary/aromatic N) is 2. The quantitative estimate of drug-likeness (QED) is 0.681. The molecule has 0 unspecified atom stereocenters. The summed E-state index contributed by atoms with van der Waals surface area (Å²) in [4.78, 5) is 19.0. The number of nitrogens with one attached hydrogen (secondary N) is 1. The molecule has 0 atom stereocenters. The first-order valence-corrected chi connectivity index (χ1v) is 4.46. The monoisotopic (exact) mass is 211 g/mol. The lowest BCUT2D eigenvalue weighted by atomic mass is 10.4. The van der Waals surface area contributed by atoms with Gasteiger partial charge in [0, 0.05) is 18.3 Å². The van der Waals surface area contributed by atoms with Crippen LogP contribution in [0, 0.1) is 6.92 Å². The first-order chi connectivity index (χ1) is 7.17. The summed E-state index contributed by atoms with van der Waals surface area (Å²) in [5, 5.41) is 11.5. The molecule has 0 aliphatic carbocycles. The van der Waals surface area contributed by atoms with Gasteiger partial charge in [0.25, 0.3) is 0 Å². The number of aliphatic hydroxyl groups excluding tert-OH is 1. The van der Waals surface area contributed by atoms with Crippen LogP contribution in [-0.2, 0) is 4.74 Å². The van der Waals surface area contributed by atoms with E-state index in [1.807, 2.05) is 0 Å². The molecule has 1 heterocycles. The van der Waals surface area contributed by atoms with E-state index in [-0.39, 0.29) is 12.4 Å². The molecule has 82 valence electrons. The molecule has 0 aliphatic rings. The summed E-state index contributed by atoms with van der Waals surface area (Å²) < 4.78 is 4.51. The van der Waals surface area contributed by atoms with Crippen molar-refractivity contribution in [3.8, 4) is 0 Å². The number of anilines is 1. The fourth-order valence-electron chi connectivity index (χ4n) is 1.03. The summed E-state index contributed by atoms with van der Waals surface area (Å²) in [7, 11) is 1.27. The van der Waals surface area contributed by atoms with Gasteiger partial charge in [0.15, 0.2) is 0 Å². The highest BCUT2D eigenvalue weighted by molar-refractivity contribution is 5.85. The van der Waals surface area contributed by atoms with Gasteiger partial charge < -0.3 is 15.2 Å². The van der Waals surface area contributed by atoms with Crippen molar-refractivity contribution >= 4 is 11.8 Å². The average Bonchev–Trinajstić information content (AvgIpc) is 2.24. The van der Waals surface area contributed by atoms with E-state index in [9.17, 15) is 4.79 Å². The Morgan fingerprint density at radius 2 is 2.33 bits per heavy atom. The SMILES string of the molecule is COC(=O)c1nc(C)cc(NCCO)n1. The van der Waals surface area contributed by atoms with E-state index in [1.54, 1.807) is 13.0 Å². The van der Waals surface area contributed by atoms with E-state index >= 15 is 0 Å². The van der Waals surface area contributed by atoms with Crippen molar-refractivity contribution in [3.05, 3.63) is 17.6 Å². The lowest BCUT2D eigenvalue weighted by Crippen LogP contribution is -2.13. The lowest BCUT2D eigenvalue weighted by Gasteiger charge is -2.05. The van der Waals surface area contributed by atoms with E-state index < -0.39 is 5.97 Å². The summed E-state index contributed by atoms with van der Waals surface area (Å²) in [6.07, 6.45) is 0. The second-order valence-electron chi connectivity index (χ2n) is 2.86. The Morgan fingerprint density at radius 3 is 2.93 bits per heavy atom. The van der Waals surface area contributed by atoms with Crippen LogP contribution in [0.1, 0.15) is 16.3 Å². The minimum absolute atomic E-state index is 0.00337. The maximum Gasteiger partial charge on any atom is 0.376 e. The van der Waals surface area contributed by atoms with Crippen LogP contribution in [-0.4, -0.2) is 41.3 Å². The number of aliphatic hydroxyl groups is 1. The molecule has 0 saturated heterocycles. The van der Waals surface area contributed by atoms with Crippen molar-refractivity contribution < 1.29 is 14.6 Å². The van der Waals surface area contributed by atoms with Crippen LogP contribution >= 0.6 is 0 Å².